The summed E-state index contributed by atoms with van der Waals surface area (Å²) in [6.45, 7) is 121. The van der Waals surface area contributed by atoms with Crippen LogP contribution in [0.3, 0.4) is 0 Å². The number of benzene rings is 10. The molecule has 858 valence electrons. The molecule has 0 saturated heterocycles. The summed E-state index contributed by atoms with van der Waals surface area (Å²) in [4.78, 5) is 10.9. The molecule has 20 rings (SSSR count). The molecule has 5 aliphatic heterocycles. The Hall–Kier alpha value is -7.50. The van der Waals surface area contributed by atoms with E-state index in [2.05, 4.69) is 312 Å². The van der Waals surface area contributed by atoms with Crippen LogP contribution in [-0.2, 0) is 32.1 Å². The molecule has 5 heteroatoms. The predicted molar refractivity (Wildman–Crippen MR) is 709 cm³/mol. The fourth-order valence-electron chi connectivity index (χ4n) is 23.9. The summed E-state index contributed by atoms with van der Waals surface area (Å²) in [5.41, 5.74) is 32.3. The average Bonchev–Trinajstić information content (AvgIpc) is 1.57. The first-order valence-electron chi connectivity index (χ1n) is 58.5. The van der Waals surface area contributed by atoms with Crippen LogP contribution in [0, 0.1) is 29.6 Å². The smallest absolute Gasteiger partial charge is 0.0909 e. The van der Waals surface area contributed by atoms with Gasteiger partial charge < -0.3 is 24.9 Å². The monoisotopic (exact) mass is 2050 g/mol. The van der Waals surface area contributed by atoms with E-state index >= 15 is 0 Å². The quantitative estimate of drug-likeness (QED) is 0.189. The van der Waals surface area contributed by atoms with Crippen LogP contribution in [-0.4, -0.2) is 50.0 Å². The van der Waals surface area contributed by atoms with Crippen molar-refractivity contribution in [2.45, 2.75) is 576 Å². The third-order valence-electron chi connectivity index (χ3n) is 31.5. The van der Waals surface area contributed by atoms with Crippen LogP contribution >= 0.6 is 0 Å². The molecule has 10 aromatic carbocycles. The van der Waals surface area contributed by atoms with Gasteiger partial charge in [0.25, 0.3) is 0 Å². The summed E-state index contributed by atoms with van der Waals surface area (Å²) in [6, 6.07) is 48.6. The highest BCUT2D eigenvalue weighted by atomic mass is 15.4. The number of fused-ring (bicyclic) bond motifs is 30. The number of hydrogen-bond acceptors (Lipinski definition) is 5. The van der Waals surface area contributed by atoms with Crippen molar-refractivity contribution in [3.8, 4) is 0 Å². The summed E-state index contributed by atoms with van der Waals surface area (Å²) in [5.74, 6) is 9.92. The van der Waals surface area contributed by atoms with Crippen LogP contribution < -0.4 is 24.9 Å². The molecule has 0 aromatic heterocycles. The summed E-state index contributed by atoms with van der Waals surface area (Å²) in [5, 5.41) is 18.7. The van der Waals surface area contributed by atoms with E-state index in [1.54, 1.807) is 89.1 Å². The second-order valence-electron chi connectivity index (χ2n) is 37.1. The third kappa shape index (κ3) is 30.8. The van der Waals surface area contributed by atoms with E-state index < -0.39 is 0 Å². The molecule has 1 unspecified atom stereocenters. The van der Waals surface area contributed by atoms with E-state index in [1.807, 2.05) is 208 Å². The minimum atomic E-state index is 0. The second kappa shape index (κ2) is 78.6. The zero-order valence-corrected chi connectivity index (χ0v) is 101. The number of hydrogen-bond donors (Lipinski definition) is 1. The van der Waals surface area contributed by atoms with Gasteiger partial charge in [-0.15, -0.1) is 0 Å². The molecule has 5 heterocycles. The van der Waals surface area contributed by atoms with Gasteiger partial charge in [0, 0.05) is 106 Å². The van der Waals surface area contributed by atoms with Crippen LogP contribution in [0.4, 0.5) is 28.4 Å². The molecule has 0 saturated carbocycles. The minimum absolute atomic E-state index is 0. The fourth-order valence-corrected chi connectivity index (χ4v) is 23.9. The van der Waals surface area contributed by atoms with Gasteiger partial charge in [0.2, 0.25) is 0 Å². The normalized spacial score (nSPS) is 22.6. The molecular formula is C143H261N5. The largest absolute Gasteiger partial charge is 0.381 e. The standard InChI is InChI=1S/C39H46N2.2C21H27N.C19H23N.C3H8.15C2H6.10CH4/c1-20-17-32-28-13-9-11-15-30(28)38-36(34(32)22(20)3)24(5)26(7)40(38)19-41-27(8)25(6)37-35-23(4)21(2)18-33(35)29-14-10-12-16-31(29)39(37)41;1-6-22-15(5)14(4)20-19-13(3)12(2)11-18(19)16-9-7-8-10-17(16)21(20)22;1-6-22-15(5)14(4)20-17-10-8-7-9-16(17)18-11-12(2)13(3)19(18)21(20)22;1-10-9-16-14-7-5-6-8-15(14)18-12(3)13(4)20-19(18)17(16)11(10)2;1-3-2;15*1-2;;;;;;;;;;/h9-16,20-27H,17-19H2,1-8H3;2*7-10,12-15H,6,11H2,1-5H3;5-8,10-13,20H,9H2,1-4H3;3H2,1-2H3;15*1-2H3;10*1H4/t20-,21-,22-,23-,24+,25+,26-,27-;12-,13-,14+,15-;12?,13-,14-,15+;10-,11-,12-,13+;;;;;;;;;;;;;;;;;;;;;;;;;;/m0011........................../s1. The Kier molecular flexibility index (Phi) is 85.3. The maximum absolute atomic E-state index is 3.79. The highest BCUT2D eigenvalue weighted by Gasteiger charge is 2.49. The SMILES string of the molecule is C.C.C.C.C.C.C.C.C.C.CC.CC.CC.CC.CC.CC.CC.CC.CC.CC.CC.CC.CC.CC.CC.CCC.CCN1c2c(c3c(c4ccccc24)C[C@H](C)[C@@H]3C)[C@H](C)[C@@H]1C.CCN1c2c3c(c4ccccc4c2[C@H](C)[C@@H]1C)CC(C)[C@H]3C.C[C@@H]1Cc2c(c3c(c4ccccc24)[C@H](C)[C@H](C)N3)[C@@H]1C.C[C@@H]1c2c3c(c4ccccc4c2C[C@@H]1C)N(CN1c2c(c4c(c5ccccc25)C[C@H](C)[C@@H]4C)[C@H](C)[C@@H]1C)[C@@H](C)[C@H]3C. The van der Waals surface area contributed by atoms with Gasteiger partial charge in [0.05, 0.1) is 18.0 Å². The Morgan fingerprint density at radius 1 is 0.196 bits per heavy atom. The van der Waals surface area contributed by atoms with Crippen molar-refractivity contribution in [3.63, 3.8) is 0 Å². The zero-order valence-electron chi connectivity index (χ0n) is 101. The lowest BCUT2D eigenvalue weighted by atomic mass is 9.85. The van der Waals surface area contributed by atoms with Crippen LogP contribution in [0.5, 0.6) is 0 Å². The Morgan fingerprint density at radius 3 is 0.635 bits per heavy atom. The van der Waals surface area contributed by atoms with Crippen molar-refractivity contribution < 1.29 is 0 Å². The molecule has 0 amide bonds. The highest BCUT2D eigenvalue weighted by Crippen LogP contribution is 2.61. The summed E-state index contributed by atoms with van der Waals surface area (Å²) < 4.78 is 0. The molecule has 0 spiro atoms. The number of nitrogens with zero attached hydrogens (tertiary/aromatic N) is 4. The van der Waals surface area contributed by atoms with E-state index in [0.717, 1.165) is 37.5 Å². The summed E-state index contributed by atoms with van der Waals surface area (Å²) >= 11 is 0. The van der Waals surface area contributed by atoms with Gasteiger partial charge in [0.1, 0.15) is 0 Å². The maximum atomic E-state index is 3.79. The second-order valence-corrected chi connectivity index (χ2v) is 37.1. The molecule has 10 aliphatic rings. The maximum Gasteiger partial charge on any atom is 0.0909 e. The lowest BCUT2D eigenvalue weighted by Gasteiger charge is -2.36. The molecule has 0 radical (unpaired) electrons. The Morgan fingerprint density at radius 2 is 0.378 bits per heavy atom. The first-order valence-corrected chi connectivity index (χ1v) is 58.5. The predicted octanol–water partition coefficient (Wildman–Crippen LogP) is 49.0. The van der Waals surface area contributed by atoms with E-state index in [4.69, 9.17) is 0 Å². The van der Waals surface area contributed by atoms with Gasteiger partial charge in [0.15, 0.2) is 0 Å². The highest BCUT2D eigenvalue weighted by molar-refractivity contribution is 6.06. The molecular weight excluding hydrogens is 1790 g/mol. The number of anilines is 5. The molecule has 5 nitrogen and oxygen atoms in total. The third-order valence-corrected chi connectivity index (χ3v) is 31.5. The van der Waals surface area contributed by atoms with E-state index in [9.17, 15) is 0 Å². The molecule has 20 atom stereocenters. The Balaban J connectivity index is -0.000000197. The van der Waals surface area contributed by atoms with Crippen molar-refractivity contribution in [2.75, 3.05) is 44.7 Å². The van der Waals surface area contributed by atoms with Crippen molar-refractivity contribution in [1.82, 2.24) is 0 Å². The van der Waals surface area contributed by atoms with E-state index in [-0.39, 0.29) is 74.3 Å². The Labute approximate surface area is 931 Å². The zero-order chi connectivity index (χ0) is 106. The lowest BCUT2D eigenvalue weighted by molar-refractivity contribution is 0.519. The van der Waals surface area contributed by atoms with Crippen LogP contribution in [0.2, 0.25) is 0 Å². The van der Waals surface area contributed by atoms with Gasteiger partial charge >= 0.3 is 0 Å². The number of rotatable bonds is 4. The first kappa shape index (κ1) is 161. The molecule has 148 heavy (non-hydrogen) atoms. The summed E-state index contributed by atoms with van der Waals surface area (Å²) in [7, 11) is 0. The average molecular weight is 2050 g/mol. The number of nitrogens with one attached hydrogen (secondary N) is 1. The van der Waals surface area contributed by atoms with Crippen molar-refractivity contribution in [1.29, 1.82) is 0 Å². The minimum Gasteiger partial charge on any atom is -0.381 e. The van der Waals surface area contributed by atoms with Crippen molar-refractivity contribution in [2.24, 2.45) is 29.6 Å². The van der Waals surface area contributed by atoms with Gasteiger partial charge in [-0.25, -0.2) is 0 Å². The molecule has 0 bridgehead atoms. The lowest BCUT2D eigenvalue weighted by Crippen LogP contribution is -2.44. The Bertz CT molecular complexity index is 5040. The molecule has 0 fully saturated rings. The first-order chi connectivity index (χ1) is 66.8. The van der Waals surface area contributed by atoms with Crippen molar-refractivity contribution in [3.05, 3.63) is 205 Å². The molecule has 10 aromatic rings. The van der Waals surface area contributed by atoms with Gasteiger partial charge in [-0.3, -0.25) is 0 Å². The molecule has 1 N–H and O–H groups in total. The number of likely N-dealkylation sites (N-methyl/N-ethyl adjacent to an activating group) is 2. The van der Waals surface area contributed by atoms with Crippen LogP contribution in [0.1, 0.15) is 597 Å². The van der Waals surface area contributed by atoms with E-state index in [1.165, 1.54) is 115 Å². The van der Waals surface area contributed by atoms with E-state index in [0.29, 0.717) is 101 Å². The van der Waals surface area contributed by atoms with Gasteiger partial charge in [-0.1, -0.05) is 527 Å². The van der Waals surface area contributed by atoms with Crippen LogP contribution in [0.15, 0.2) is 121 Å². The van der Waals surface area contributed by atoms with Gasteiger partial charge in [-0.05, 0) is 261 Å². The van der Waals surface area contributed by atoms with Crippen LogP contribution in [0.25, 0.3) is 53.9 Å². The topological polar surface area (TPSA) is 25.0 Å². The summed E-state index contributed by atoms with van der Waals surface area (Å²) in [6.07, 6.45) is 7.40. The fraction of sp³-hybridized carbons (Fsp3) is 0.650. The van der Waals surface area contributed by atoms with Gasteiger partial charge in [-0.2, -0.15) is 0 Å². The molecule has 5 aliphatic carbocycles. The van der Waals surface area contributed by atoms with Crippen molar-refractivity contribution >= 4 is 82.3 Å².